The number of benzene rings is 1. The first kappa shape index (κ1) is 13.7. The molecule has 0 atom stereocenters. The molecule has 20 heavy (non-hydrogen) atoms. The maximum absolute atomic E-state index is 12.0. The Morgan fingerprint density at radius 2 is 1.90 bits per heavy atom. The van der Waals surface area contributed by atoms with Crippen molar-refractivity contribution < 1.29 is 14.7 Å². The molecule has 0 saturated heterocycles. The minimum atomic E-state index is -0.830. The van der Waals surface area contributed by atoms with Crippen LogP contribution in [0.4, 0.5) is 5.69 Å². The van der Waals surface area contributed by atoms with Crippen LogP contribution in [0.3, 0.4) is 0 Å². The largest absolute Gasteiger partial charge is 0.481 e. The number of amides is 1. The van der Waals surface area contributed by atoms with E-state index in [2.05, 4.69) is 10.3 Å². The Morgan fingerprint density at radius 1 is 1.15 bits per heavy atom. The number of carbonyl (C=O) groups excluding carboxylic acids is 1. The van der Waals surface area contributed by atoms with Gasteiger partial charge in [0.05, 0.1) is 11.9 Å². The number of hydrogen-bond donors (Lipinski definition) is 2. The van der Waals surface area contributed by atoms with Crippen molar-refractivity contribution in [2.75, 3.05) is 5.32 Å². The van der Waals surface area contributed by atoms with E-state index >= 15 is 0 Å². The Morgan fingerprint density at radius 3 is 2.50 bits per heavy atom. The molecule has 0 saturated carbocycles. The Hall–Kier alpha value is -2.69. The van der Waals surface area contributed by atoms with Crippen molar-refractivity contribution in [3.8, 4) is 0 Å². The van der Waals surface area contributed by atoms with Gasteiger partial charge in [-0.2, -0.15) is 0 Å². The summed E-state index contributed by atoms with van der Waals surface area (Å²) in [5, 5.41) is 11.3. The molecule has 5 nitrogen and oxygen atoms in total. The SMILES string of the molecule is O=C(O)CCc1ccc(C(=O)Nc2cccnc2)cc1. The molecule has 2 N–H and O–H groups in total. The Labute approximate surface area is 116 Å². The van der Waals surface area contributed by atoms with E-state index in [9.17, 15) is 9.59 Å². The van der Waals surface area contributed by atoms with Gasteiger partial charge in [-0.15, -0.1) is 0 Å². The topological polar surface area (TPSA) is 79.3 Å². The number of nitrogens with one attached hydrogen (secondary N) is 1. The summed E-state index contributed by atoms with van der Waals surface area (Å²) in [7, 11) is 0. The molecule has 2 rings (SSSR count). The number of anilines is 1. The second-order valence-electron chi connectivity index (χ2n) is 4.29. The molecule has 0 unspecified atom stereocenters. The highest BCUT2D eigenvalue weighted by Crippen LogP contribution is 2.10. The van der Waals surface area contributed by atoms with Crippen LogP contribution >= 0.6 is 0 Å². The first-order chi connectivity index (χ1) is 9.65. The van der Waals surface area contributed by atoms with Gasteiger partial charge in [-0.3, -0.25) is 14.6 Å². The van der Waals surface area contributed by atoms with E-state index in [1.807, 2.05) is 0 Å². The fraction of sp³-hybridized carbons (Fsp3) is 0.133. The van der Waals surface area contributed by atoms with Crippen molar-refractivity contribution in [1.29, 1.82) is 0 Å². The molecular formula is C15H14N2O3. The summed E-state index contributed by atoms with van der Waals surface area (Å²) in [4.78, 5) is 26.4. The van der Waals surface area contributed by atoms with Gasteiger partial charge in [0.1, 0.15) is 0 Å². The summed E-state index contributed by atoms with van der Waals surface area (Å²) in [5.74, 6) is -1.05. The van der Waals surface area contributed by atoms with E-state index in [-0.39, 0.29) is 12.3 Å². The standard InChI is InChI=1S/C15H14N2O3/c18-14(19)8-5-11-3-6-12(7-4-11)15(20)17-13-2-1-9-16-10-13/h1-4,6-7,9-10H,5,8H2,(H,17,20)(H,18,19). The van der Waals surface area contributed by atoms with Gasteiger partial charge in [0.15, 0.2) is 0 Å². The molecular weight excluding hydrogens is 256 g/mol. The normalized spacial score (nSPS) is 10.0. The Kier molecular flexibility index (Phi) is 4.44. The quantitative estimate of drug-likeness (QED) is 0.874. The number of carboxylic acid groups (broad SMARTS) is 1. The highest BCUT2D eigenvalue weighted by atomic mass is 16.4. The lowest BCUT2D eigenvalue weighted by molar-refractivity contribution is -0.136. The number of carboxylic acids is 1. The molecule has 102 valence electrons. The van der Waals surface area contributed by atoms with E-state index < -0.39 is 5.97 Å². The van der Waals surface area contributed by atoms with Crippen molar-refractivity contribution in [2.24, 2.45) is 0 Å². The average molecular weight is 270 g/mol. The second-order valence-corrected chi connectivity index (χ2v) is 4.29. The maximum Gasteiger partial charge on any atom is 0.303 e. The van der Waals surface area contributed by atoms with Crippen molar-refractivity contribution in [3.05, 3.63) is 59.9 Å². The molecule has 0 radical (unpaired) electrons. The molecule has 1 aromatic heterocycles. The molecule has 0 bridgehead atoms. The first-order valence-corrected chi connectivity index (χ1v) is 6.17. The molecule has 0 fully saturated rings. The second kappa shape index (κ2) is 6.47. The van der Waals surface area contributed by atoms with Crippen molar-refractivity contribution >= 4 is 17.6 Å². The van der Waals surface area contributed by atoms with Crippen LogP contribution in [0.5, 0.6) is 0 Å². The van der Waals surface area contributed by atoms with Gasteiger partial charge in [0, 0.05) is 18.2 Å². The van der Waals surface area contributed by atoms with Gasteiger partial charge < -0.3 is 10.4 Å². The number of rotatable bonds is 5. The predicted octanol–water partition coefficient (Wildman–Crippen LogP) is 2.35. The third-order valence-corrected chi connectivity index (χ3v) is 2.76. The van der Waals surface area contributed by atoms with Crippen LogP contribution in [0.1, 0.15) is 22.3 Å². The van der Waals surface area contributed by atoms with Gasteiger partial charge >= 0.3 is 5.97 Å². The number of aromatic nitrogens is 1. The van der Waals surface area contributed by atoms with Crippen LogP contribution in [0.2, 0.25) is 0 Å². The fourth-order valence-electron chi connectivity index (χ4n) is 1.71. The molecule has 0 aliphatic carbocycles. The minimum Gasteiger partial charge on any atom is -0.481 e. The lowest BCUT2D eigenvalue weighted by Crippen LogP contribution is -2.11. The number of carbonyl (C=O) groups is 2. The lowest BCUT2D eigenvalue weighted by atomic mass is 10.1. The van der Waals surface area contributed by atoms with Gasteiger partial charge in [0.25, 0.3) is 5.91 Å². The molecule has 0 aliphatic heterocycles. The summed E-state index contributed by atoms with van der Waals surface area (Å²) >= 11 is 0. The summed E-state index contributed by atoms with van der Waals surface area (Å²) in [6.45, 7) is 0. The maximum atomic E-state index is 12.0. The number of aryl methyl sites for hydroxylation is 1. The summed E-state index contributed by atoms with van der Waals surface area (Å²) in [5.41, 5.74) is 2.05. The number of pyridine rings is 1. The van der Waals surface area contributed by atoms with Gasteiger partial charge in [-0.05, 0) is 36.2 Å². The van der Waals surface area contributed by atoms with Crippen molar-refractivity contribution in [1.82, 2.24) is 4.98 Å². The lowest BCUT2D eigenvalue weighted by Gasteiger charge is -2.05. The highest BCUT2D eigenvalue weighted by Gasteiger charge is 2.06. The number of hydrogen-bond acceptors (Lipinski definition) is 3. The molecule has 1 amide bonds. The molecule has 2 aromatic rings. The molecule has 1 aromatic carbocycles. The monoisotopic (exact) mass is 270 g/mol. The van der Waals surface area contributed by atoms with Crippen LogP contribution in [-0.4, -0.2) is 22.0 Å². The van der Waals surface area contributed by atoms with E-state index in [4.69, 9.17) is 5.11 Å². The van der Waals surface area contributed by atoms with E-state index in [1.165, 1.54) is 0 Å². The van der Waals surface area contributed by atoms with E-state index in [0.717, 1.165) is 5.56 Å². The van der Waals surface area contributed by atoms with Gasteiger partial charge in [-0.1, -0.05) is 12.1 Å². The summed E-state index contributed by atoms with van der Waals surface area (Å²) in [6.07, 6.45) is 3.74. The Bertz CT molecular complexity index is 594. The number of aliphatic carboxylic acids is 1. The highest BCUT2D eigenvalue weighted by molar-refractivity contribution is 6.04. The number of nitrogens with zero attached hydrogens (tertiary/aromatic N) is 1. The third kappa shape index (κ3) is 3.91. The first-order valence-electron chi connectivity index (χ1n) is 6.17. The van der Waals surface area contributed by atoms with E-state index in [1.54, 1.807) is 48.8 Å². The van der Waals surface area contributed by atoms with Crippen molar-refractivity contribution in [3.63, 3.8) is 0 Å². The Balaban J connectivity index is 1.99. The summed E-state index contributed by atoms with van der Waals surface area (Å²) in [6, 6.07) is 10.4. The molecule has 0 spiro atoms. The van der Waals surface area contributed by atoms with Crippen LogP contribution in [0, 0.1) is 0 Å². The van der Waals surface area contributed by atoms with Crippen LogP contribution in [0.15, 0.2) is 48.8 Å². The van der Waals surface area contributed by atoms with Gasteiger partial charge in [0.2, 0.25) is 0 Å². The van der Waals surface area contributed by atoms with Gasteiger partial charge in [-0.25, -0.2) is 0 Å². The van der Waals surface area contributed by atoms with Crippen LogP contribution < -0.4 is 5.32 Å². The average Bonchev–Trinajstić information content (AvgIpc) is 2.46. The zero-order chi connectivity index (χ0) is 14.4. The van der Waals surface area contributed by atoms with Crippen LogP contribution in [0.25, 0.3) is 0 Å². The zero-order valence-corrected chi connectivity index (χ0v) is 10.7. The zero-order valence-electron chi connectivity index (χ0n) is 10.7. The smallest absolute Gasteiger partial charge is 0.303 e. The molecule has 1 heterocycles. The van der Waals surface area contributed by atoms with Crippen molar-refractivity contribution in [2.45, 2.75) is 12.8 Å². The summed E-state index contributed by atoms with van der Waals surface area (Å²) < 4.78 is 0. The molecule has 0 aliphatic rings. The predicted molar refractivity (Wildman–Crippen MR) is 74.6 cm³/mol. The van der Waals surface area contributed by atoms with Crippen LogP contribution in [-0.2, 0) is 11.2 Å². The van der Waals surface area contributed by atoms with E-state index in [0.29, 0.717) is 17.7 Å². The minimum absolute atomic E-state index is 0.0846. The fourth-order valence-corrected chi connectivity index (χ4v) is 1.71. The third-order valence-electron chi connectivity index (χ3n) is 2.76. The molecule has 5 heteroatoms.